The number of para-hydroxylation sites is 2. The van der Waals surface area contributed by atoms with Crippen LogP contribution in [0.25, 0.3) is 0 Å². The molecule has 28 heavy (non-hydrogen) atoms. The third-order valence-corrected chi connectivity index (χ3v) is 5.44. The van der Waals surface area contributed by atoms with Gasteiger partial charge in [0.1, 0.15) is 18.8 Å². The lowest BCUT2D eigenvalue weighted by molar-refractivity contribution is -0.917. The normalized spacial score (nSPS) is 17.6. The number of rotatable bonds is 4. The predicted octanol–water partition coefficient (Wildman–Crippen LogP) is 0.729. The van der Waals surface area contributed by atoms with Crippen molar-refractivity contribution in [2.45, 2.75) is 13.0 Å². The summed E-state index contributed by atoms with van der Waals surface area (Å²) in [7, 11) is 0. The van der Waals surface area contributed by atoms with Gasteiger partial charge in [-0.2, -0.15) is 0 Å². The van der Waals surface area contributed by atoms with Crippen molar-refractivity contribution in [1.29, 1.82) is 0 Å². The number of anilines is 1. The topological polar surface area (TPSA) is 54.3 Å². The lowest BCUT2D eigenvalue weighted by Crippen LogP contribution is -3.13. The number of ether oxygens (including phenoxy) is 1. The van der Waals surface area contributed by atoms with E-state index in [1.165, 1.54) is 10.5 Å². The first-order valence-electron chi connectivity index (χ1n) is 9.88. The first kappa shape index (κ1) is 18.5. The van der Waals surface area contributed by atoms with Gasteiger partial charge < -0.3 is 14.5 Å². The van der Waals surface area contributed by atoms with Gasteiger partial charge in [-0.3, -0.25) is 14.5 Å². The van der Waals surface area contributed by atoms with Crippen molar-refractivity contribution < 1.29 is 19.2 Å². The maximum atomic E-state index is 12.9. The van der Waals surface area contributed by atoms with Gasteiger partial charge in [0, 0.05) is 5.56 Å². The third-order valence-electron chi connectivity index (χ3n) is 5.44. The molecule has 0 saturated carbocycles. The maximum absolute atomic E-state index is 12.9. The van der Waals surface area contributed by atoms with E-state index in [0.29, 0.717) is 18.0 Å². The Kier molecular flexibility index (Phi) is 5.58. The molecule has 2 aromatic carbocycles. The number of carbonyl (C=O) groups is 2. The molecule has 2 aromatic rings. The Hall–Kier alpha value is -2.86. The van der Waals surface area contributed by atoms with Crippen LogP contribution in [-0.4, -0.2) is 56.0 Å². The fraction of sp³-hybridized carbons (Fsp3) is 0.364. The number of hydrogen-bond donors (Lipinski definition) is 1. The molecule has 0 spiro atoms. The van der Waals surface area contributed by atoms with Gasteiger partial charge in [-0.05, 0) is 12.1 Å². The fourth-order valence-corrected chi connectivity index (χ4v) is 3.86. The third kappa shape index (κ3) is 4.17. The van der Waals surface area contributed by atoms with E-state index in [4.69, 9.17) is 4.74 Å². The molecule has 1 N–H and O–H groups in total. The Morgan fingerprint density at radius 2 is 1.71 bits per heavy atom. The van der Waals surface area contributed by atoms with Crippen LogP contribution in [0.1, 0.15) is 12.0 Å². The number of hydrogen-bond acceptors (Lipinski definition) is 3. The van der Waals surface area contributed by atoms with Crippen LogP contribution in [0.5, 0.6) is 5.75 Å². The van der Waals surface area contributed by atoms with Gasteiger partial charge in [0.05, 0.1) is 44.9 Å². The predicted molar refractivity (Wildman–Crippen MR) is 106 cm³/mol. The highest BCUT2D eigenvalue weighted by Crippen LogP contribution is 2.30. The molecular formula is C22H26N3O3+. The molecule has 0 bridgehead atoms. The van der Waals surface area contributed by atoms with Crippen LogP contribution >= 0.6 is 0 Å². The number of carbonyl (C=O) groups excluding carboxylic acids is 2. The second-order valence-electron chi connectivity index (χ2n) is 7.34. The van der Waals surface area contributed by atoms with E-state index in [-0.39, 0.29) is 24.8 Å². The highest BCUT2D eigenvalue weighted by Gasteiger charge is 2.29. The smallest absolute Gasteiger partial charge is 0.243 e. The highest BCUT2D eigenvalue weighted by molar-refractivity contribution is 6.00. The van der Waals surface area contributed by atoms with Crippen molar-refractivity contribution in [3.05, 3.63) is 60.2 Å². The average molecular weight is 380 g/mol. The Bertz CT molecular complexity index is 832. The van der Waals surface area contributed by atoms with E-state index in [2.05, 4.69) is 24.3 Å². The quantitative estimate of drug-likeness (QED) is 0.851. The molecule has 6 heteroatoms. The van der Waals surface area contributed by atoms with E-state index >= 15 is 0 Å². The molecule has 2 aliphatic rings. The van der Waals surface area contributed by atoms with Gasteiger partial charge in [-0.1, -0.05) is 42.5 Å². The minimum Gasteiger partial charge on any atom is -0.491 e. The minimum atomic E-state index is -0.0633. The molecule has 2 heterocycles. The second-order valence-corrected chi connectivity index (χ2v) is 7.34. The molecule has 1 saturated heterocycles. The summed E-state index contributed by atoms with van der Waals surface area (Å²) in [6, 6.07) is 17.9. The molecule has 0 atom stereocenters. The van der Waals surface area contributed by atoms with Crippen LogP contribution in [0.3, 0.4) is 0 Å². The van der Waals surface area contributed by atoms with E-state index in [1.54, 1.807) is 4.90 Å². The van der Waals surface area contributed by atoms with Crippen LogP contribution in [0.4, 0.5) is 5.69 Å². The number of nitrogens with one attached hydrogen (secondary N) is 1. The van der Waals surface area contributed by atoms with Gasteiger partial charge >= 0.3 is 0 Å². The van der Waals surface area contributed by atoms with E-state index in [9.17, 15) is 9.59 Å². The van der Waals surface area contributed by atoms with E-state index < -0.39 is 0 Å². The number of fused-ring (bicyclic) bond motifs is 1. The number of amides is 2. The standard InChI is InChI=1S/C22H25N3O3/c26-21-10-15-28-20-9-5-4-8-19(20)25(21)17-22(27)24-13-11-23(12-14-24)16-18-6-2-1-3-7-18/h1-9H,10-17H2/p+1. The van der Waals surface area contributed by atoms with Crippen LogP contribution < -0.4 is 14.5 Å². The highest BCUT2D eigenvalue weighted by atomic mass is 16.5. The second kappa shape index (κ2) is 8.44. The van der Waals surface area contributed by atoms with Crippen molar-refractivity contribution in [2.75, 3.05) is 44.2 Å². The largest absolute Gasteiger partial charge is 0.491 e. The van der Waals surface area contributed by atoms with Crippen LogP contribution in [-0.2, 0) is 16.1 Å². The van der Waals surface area contributed by atoms with Crippen LogP contribution in [0.2, 0.25) is 0 Å². The van der Waals surface area contributed by atoms with Gasteiger partial charge in [-0.25, -0.2) is 0 Å². The molecule has 4 rings (SSSR count). The molecule has 1 fully saturated rings. The lowest BCUT2D eigenvalue weighted by Gasteiger charge is -2.33. The van der Waals surface area contributed by atoms with Crippen molar-refractivity contribution in [1.82, 2.24) is 4.90 Å². The molecule has 0 unspecified atom stereocenters. The Morgan fingerprint density at radius 3 is 2.50 bits per heavy atom. The molecule has 0 aromatic heterocycles. The molecule has 2 amide bonds. The lowest BCUT2D eigenvalue weighted by atomic mass is 10.2. The van der Waals surface area contributed by atoms with Crippen molar-refractivity contribution in [3.8, 4) is 5.75 Å². The Balaban J connectivity index is 1.36. The average Bonchev–Trinajstić information content (AvgIpc) is 2.88. The first-order valence-corrected chi connectivity index (χ1v) is 9.88. The number of quaternary nitrogens is 1. The number of piperazine rings is 1. The molecular weight excluding hydrogens is 354 g/mol. The summed E-state index contributed by atoms with van der Waals surface area (Å²) in [4.78, 5) is 30.4. The van der Waals surface area contributed by atoms with Gasteiger partial charge in [0.2, 0.25) is 11.8 Å². The summed E-state index contributed by atoms with van der Waals surface area (Å²) >= 11 is 0. The fourth-order valence-electron chi connectivity index (χ4n) is 3.86. The minimum absolute atomic E-state index is 0.00353. The maximum Gasteiger partial charge on any atom is 0.243 e. The summed E-state index contributed by atoms with van der Waals surface area (Å²) in [5.41, 5.74) is 2.01. The molecule has 6 nitrogen and oxygen atoms in total. The van der Waals surface area contributed by atoms with Crippen molar-refractivity contribution in [2.24, 2.45) is 0 Å². The van der Waals surface area contributed by atoms with Crippen molar-refractivity contribution >= 4 is 17.5 Å². The van der Waals surface area contributed by atoms with Crippen LogP contribution in [0.15, 0.2) is 54.6 Å². The zero-order chi connectivity index (χ0) is 19.3. The molecule has 2 aliphatic heterocycles. The first-order chi connectivity index (χ1) is 13.7. The van der Waals surface area contributed by atoms with Gasteiger partial charge in [0.25, 0.3) is 0 Å². The summed E-state index contributed by atoms with van der Waals surface area (Å²) in [5.74, 6) is 0.605. The SMILES string of the molecule is O=C(CN1C(=O)CCOc2ccccc21)N1CC[NH+](Cc2ccccc2)CC1. The number of benzene rings is 2. The van der Waals surface area contributed by atoms with Crippen molar-refractivity contribution in [3.63, 3.8) is 0 Å². The zero-order valence-electron chi connectivity index (χ0n) is 16.0. The van der Waals surface area contributed by atoms with E-state index in [0.717, 1.165) is 32.7 Å². The number of nitrogens with zero attached hydrogens (tertiary/aromatic N) is 2. The monoisotopic (exact) mass is 380 g/mol. The van der Waals surface area contributed by atoms with E-state index in [1.807, 2.05) is 35.2 Å². The molecule has 146 valence electrons. The summed E-state index contributed by atoms with van der Waals surface area (Å²) < 4.78 is 5.66. The van der Waals surface area contributed by atoms with Gasteiger partial charge in [-0.15, -0.1) is 0 Å². The molecule has 0 aliphatic carbocycles. The summed E-state index contributed by atoms with van der Waals surface area (Å²) in [5, 5.41) is 0. The Labute approximate surface area is 165 Å². The summed E-state index contributed by atoms with van der Waals surface area (Å²) in [6.07, 6.45) is 0.289. The summed E-state index contributed by atoms with van der Waals surface area (Å²) in [6.45, 7) is 4.71. The molecule has 0 radical (unpaired) electrons. The van der Waals surface area contributed by atoms with Gasteiger partial charge in [0.15, 0.2) is 0 Å². The van der Waals surface area contributed by atoms with Crippen LogP contribution in [0, 0.1) is 0 Å². The zero-order valence-corrected chi connectivity index (χ0v) is 16.0. The Morgan fingerprint density at radius 1 is 1.00 bits per heavy atom.